The van der Waals surface area contributed by atoms with Crippen molar-refractivity contribution in [2.45, 2.75) is 38.0 Å². The highest BCUT2D eigenvalue weighted by Gasteiger charge is 2.52. The maximum atomic E-state index is 12.7. The topological polar surface area (TPSA) is 52.6 Å². The maximum Gasteiger partial charge on any atom is 0.312 e. The second-order valence-electron chi connectivity index (χ2n) is 7.42. The van der Waals surface area contributed by atoms with Crippen molar-refractivity contribution in [1.29, 1.82) is 0 Å². The molecule has 6 heteroatoms. The van der Waals surface area contributed by atoms with Crippen LogP contribution in [0.25, 0.3) is 0 Å². The van der Waals surface area contributed by atoms with E-state index in [1.54, 1.807) is 0 Å². The second kappa shape index (κ2) is 6.81. The van der Waals surface area contributed by atoms with Gasteiger partial charge in [0.1, 0.15) is 6.61 Å². The van der Waals surface area contributed by atoms with E-state index in [1.165, 1.54) is 7.11 Å². The fourth-order valence-electron chi connectivity index (χ4n) is 3.30. The van der Waals surface area contributed by atoms with Crippen LogP contribution < -0.4 is 0 Å². The summed E-state index contributed by atoms with van der Waals surface area (Å²) in [5.41, 5.74) is 0.133. The van der Waals surface area contributed by atoms with Crippen LogP contribution in [-0.2, 0) is 25.7 Å². The molecule has 122 valence electrons. The van der Waals surface area contributed by atoms with Gasteiger partial charge in [-0.3, -0.25) is 9.59 Å². The van der Waals surface area contributed by atoms with Crippen LogP contribution in [-0.4, -0.2) is 34.7 Å². The summed E-state index contributed by atoms with van der Waals surface area (Å²) in [6.07, 6.45) is 2.16. The molecule has 4 nitrogen and oxygen atoms in total. The summed E-state index contributed by atoms with van der Waals surface area (Å²) in [7, 11) is 5.63. The van der Waals surface area contributed by atoms with Crippen LogP contribution in [0.5, 0.6) is 0 Å². The van der Waals surface area contributed by atoms with Crippen molar-refractivity contribution in [1.82, 2.24) is 0 Å². The molecule has 0 unspecified atom stereocenters. The second-order valence-corrected chi connectivity index (χ2v) is 7.42. The van der Waals surface area contributed by atoms with Gasteiger partial charge in [-0.2, -0.15) is 0 Å². The van der Waals surface area contributed by atoms with Crippen molar-refractivity contribution in [3.8, 4) is 0 Å². The smallest absolute Gasteiger partial charge is 0.312 e. The molecule has 0 bridgehead atoms. The molecule has 2 atom stereocenters. The zero-order valence-corrected chi connectivity index (χ0v) is 14.4. The molecule has 1 aromatic rings. The summed E-state index contributed by atoms with van der Waals surface area (Å²) in [4.78, 5) is 24.9. The van der Waals surface area contributed by atoms with Crippen molar-refractivity contribution in [3.63, 3.8) is 0 Å². The molecule has 0 saturated heterocycles. The van der Waals surface area contributed by atoms with E-state index in [-0.39, 0.29) is 23.8 Å². The Bertz CT molecular complexity index is 573. The highest BCUT2D eigenvalue weighted by Crippen LogP contribution is 2.50. The Kier molecular flexibility index (Phi) is 5.23. The SMILES string of the molecule is BC1(B)CC[C@](C)(C(=O)OC)[C@H](C(=O)OCc2ccccc2)C1. The number of carbonyl (C=O) groups excluding carboxylic acids is 2. The summed E-state index contributed by atoms with van der Waals surface area (Å²) in [5, 5.41) is 0.0178. The minimum atomic E-state index is -0.807. The zero-order valence-electron chi connectivity index (χ0n) is 14.4. The molecule has 0 aliphatic heterocycles. The lowest BCUT2D eigenvalue weighted by Gasteiger charge is -2.44. The third-order valence-corrected chi connectivity index (χ3v) is 5.01. The lowest BCUT2D eigenvalue weighted by Crippen LogP contribution is -2.47. The molecule has 1 saturated carbocycles. The number of ether oxygens (including phenoxy) is 2. The Hall–Kier alpha value is -1.71. The average Bonchev–Trinajstić information content (AvgIpc) is 2.55. The molecular weight excluding hydrogens is 290 g/mol. The molecule has 1 aromatic carbocycles. The van der Waals surface area contributed by atoms with E-state index in [0.717, 1.165) is 12.0 Å². The van der Waals surface area contributed by atoms with E-state index < -0.39 is 11.3 Å². The van der Waals surface area contributed by atoms with Gasteiger partial charge in [0, 0.05) is 0 Å². The molecule has 0 N–H and O–H groups in total. The van der Waals surface area contributed by atoms with Gasteiger partial charge < -0.3 is 9.47 Å². The molecular formula is C17H24B2O4. The summed E-state index contributed by atoms with van der Waals surface area (Å²) in [6.45, 7) is 2.05. The van der Waals surface area contributed by atoms with Crippen molar-refractivity contribution >= 4 is 27.6 Å². The molecule has 1 aliphatic rings. The lowest BCUT2D eigenvalue weighted by atomic mass is 9.43. The van der Waals surface area contributed by atoms with E-state index in [0.29, 0.717) is 12.8 Å². The minimum Gasteiger partial charge on any atom is -0.469 e. The number of rotatable bonds is 4. The van der Waals surface area contributed by atoms with Gasteiger partial charge in [0.2, 0.25) is 0 Å². The first-order valence-electron chi connectivity index (χ1n) is 8.07. The van der Waals surface area contributed by atoms with Crippen molar-refractivity contribution in [2.75, 3.05) is 7.11 Å². The number of hydrogen-bond acceptors (Lipinski definition) is 4. The van der Waals surface area contributed by atoms with Gasteiger partial charge in [-0.25, -0.2) is 0 Å². The Morgan fingerprint density at radius 3 is 2.48 bits per heavy atom. The lowest BCUT2D eigenvalue weighted by molar-refractivity contribution is -0.170. The molecule has 1 aliphatic carbocycles. The molecule has 0 amide bonds. The summed E-state index contributed by atoms with van der Waals surface area (Å²) in [6, 6.07) is 9.56. The fourth-order valence-corrected chi connectivity index (χ4v) is 3.30. The molecule has 23 heavy (non-hydrogen) atoms. The van der Waals surface area contributed by atoms with E-state index in [2.05, 4.69) is 15.7 Å². The van der Waals surface area contributed by atoms with E-state index >= 15 is 0 Å². The Morgan fingerprint density at radius 2 is 1.87 bits per heavy atom. The minimum absolute atomic E-state index is 0.0178. The Balaban J connectivity index is 2.13. The van der Waals surface area contributed by atoms with Gasteiger partial charge >= 0.3 is 11.9 Å². The summed E-state index contributed by atoms with van der Waals surface area (Å²) >= 11 is 0. The normalized spacial score (nSPS) is 26.3. The van der Waals surface area contributed by atoms with Crippen LogP contribution in [0.2, 0.25) is 5.21 Å². The molecule has 0 aromatic heterocycles. The Labute approximate surface area is 139 Å². The van der Waals surface area contributed by atoms with E-state index in [1.807, 2.05) is 37.3 Å². The predicted octanol–water partition coefficient (Wildman–Crippen LogP) is 1.09. The number of esters is 2. The third-order valence-electron chi connectivity index (χ3n) is 5.01. The molecule has 0 heterocycles. The number of methoxy groups -OCH3 is 1. The quantitative estimate of drug-likeness (QED) is 0.617. The van der Waals surface area contributed by atoms with Crippen LogP contribution in [0.1, 0.15) is 31.7 Å². The number of carbonyl (C=O) groups is 2. The maximum absolute atomic E-state index is 12.7. The first-order chi connectivity index (χ1) is 10.8. The standard InChI is InChI=1S/C17H24B2O4/c1-16(15(21)22-2)8-9-17(18,19)10-13(16)14(20)23-11-12-6-4-3-5-7-12/h3-7,13H,8-11,18-19H2,1-2H3/t13-,16-/m0/s1. The predicted molar refractivity (Wildman–Crippen MR) is 93.5 cm³/mol. The van der Waals surface area contributed by atoms with E-state index in [9.17, 15) is 9.59 Å². The first kappa shape index (κ1) is 17.6. The van der Waals surface area contributed by atoms with Crippen LogP contribution >= 0.6 is 0 Å². The fraction of sp³-hybridized carbons (Fsp3) is 0.529. The average molecular weight is 314 g/mol. The summed E-state index contributed by atoms with van der Waals surface area (Å²) in [5.74, 6) is -1.10. The van der Waals surface area contributed by atoms with Crippen molar-refractivity contribution < 1.29 is 19.1 Å². The van der Waals surface area contributed by atoms with Gasteiger partial charge in [-0.05, 0) is 25.3 Å². The highest BCUT2D eigenvalue weighted by atomic mass is 16.5. The molecule has 1 fully saturated rings. The van der Waals surface area contributed by atoms with Gasteiger partial charge in [-0.1, -0.05) is 42.0 Å². The number of benzene rings is 1. The Morgan fingerprint density at radius 1 is 1.22 bits per heavy atom. The van der Waals surface area contributed by atoms with Crippen molar-refractivity contribution in [3.05, 3.63) is 35.9 Å². The zero-order chi connectivity index (χ0) is 17.1. The molecule has 0 radical (unpaired) electrons. The molecule has 0 spiro atoms. The number of hydrogen-bond donors (Lipinski definition) is 0. The van der Waals surface area contributed by atoms with Crippen LogP contribution in [0, 0.1) is 11.3 Å². The van der Waals surface area contributed by atoms with Gasteiger partial charge in [0.15, 0.2) is 0 Å². The first-order valence-corrected chi connectivity index (χ1v) is 8.07. The largest absolute Gasteiger partial charge is 0.469 e. The van der Waals surface area contributed by atoms with Crippen LogP contribution in [0.15, 0.2) is 30.3 Å². The van der Waals surface area contributed by atoms with Gasteiger partial charge in [0.25, 0.3) is 0 Å². The molecule has 2 rings (SSSR count). The van der Waals surface area contributed by atoms with Gasteiger partial charge in [-0.15, -0.1) is 0 Å². The van der Waals surface area contributed by atoms with E-state index in [4.69, 9.17) is 9.47 Å². The highest BCUT2D eigenvalue weighted by molar-refractivity contribution is 6.40. The third kappa shape index (κ3) is 3.98. The van der Waals surface area contributed by atoms with Gasteiger partial charge in [0.05, 0.1) is 34.1 Å². The van der Waals surface area contributed by atoms with Crippen LogP contribution in [0.3, 0.4) is 0 Å². The van der Waals surface area contributed by atoms with Crippen molar-refractivity contribution in [2.24, 2.45) is 11.3 Å². The monoisotopic (exact) mass is 314 g/mol. The van der Waals surface area contributed by atoms with Crippen LogP contribution in [0.4, 0.5) is 0 Å². The summed E-state index contributed by atoms with van der Waals surface area (Å²) < 4.78 is 10.5.